The zero-order valence-electron chi connectivity index (χ0n) is 20.0. The number of hydrogen-bond acceptors (Lipinski definition) is 5. The van der Waals surface area contributed by atoms with Gasteiger partial charge in [-0.05, 0) is 66.8 Å². The number of benzene rings is 3. The van der Waals surface area contributed by atoms with E-state index in [-0.39, 0.29) is 22.9 Å². The Hall–Kier alpha value is -4.16. The van der Waals surface area contributed by atoms with Crippen molar-refractivity contribution in [2.45, 2.75) is 25.2 Å². The average molecular weight is 506 g/mol. The van der Waals surface area contributed by atoms with Crippen molar-refractivity contribution in [3.05, 3.63) is 72.3 Å². The lowest BCUT2D eigenvalue weighted by Gasteiger charge is -2.24. The highest BCUT2D eigenvalue weighted by Gasteiger charge is 2.31. The molecule has 3 aromatic carbocycles. The molecule has 0 saturated carbocycles. The summed E-state index contributed by atoms with van der Waals surface area (Å²) >= 11 is 0. The third kappa shape index (κ3) is 5.39. The van der Waals surface area contributed by atoms with Gasteiger partial charge in [0, 0.05) is 13.1 Å². The van der Waals surface area contributed by atoms with Crippen LogP contribution in [0.15, 0.2) is 71.6 Å². The Morgan fingerprint density at radius 1 is 0.944 bits per heavy atom. The molecule has 3 amide bonds. The fraction of sp³-hybridized carbons (Fsp3) is 0.222. The van der Waals surface area contributed by atoms with Crippen LogP contribution >= 0.6 is 0 Å². The minimum absolute atomic E-state index is 0.0283. The van der Waals surface area contributed by atoms with Crippen molar-refractivity contribution in [3.63, 3.8) is 0 Å². The van der Waals surface area contributed by atoms with E-state index in [1.165, 1.54) is 41.3 Å². The van der Waals surface area contributed by atoms with E-state index in [0.29, 0.717) is 28.3 Å². The van der Waals surface area contributed by atoms with Gasteiger partial charge in [0.05, 0.1) is 10.6 Å². The number of carbonyl (C=O) groups excluding carboxylic acids is 3. The van der Waals surface area contributed by atoms with E-state index in [1.807, 2.05) is 18.1 Å². The van der Waals surface area contributed by atoms with Gasteiger partial charge in [0.15, 0.2) is 0 Å². The van der Waals surface area contributed by atoms with Crippen LogP contribution in [0.25, 0.3) is 10.8 Å². The minimum Gasteiger partial charge on any atom is -0.369 e. The zero-order chi connectivity index (χ0) is 26.5. The van der Waals surface area contributed by atoms with Gasteiger partial charge in [0.2, 0.25) is 11.8 Å². The number of anilines is 1. The molecule has 0 bridgehead atoms. The van der Waals surface area contributed by atoms with Crippen molar-refractivity contribution >= 4 is 44.2 Å². The topological polar surface area (TPSA) is 118 Å². The normalized spacial score (nSPS) is 11.9. The zero-order valence-corrected chi connectivity index (χ0v) is 20.9. The largest absolute Gasteiger partial charge is 0.369 e. The van der Waals surface area contributed by atoms with Gasteiger partial charge in [0.25, 0.3) is 10.0 Å². The molecular formula is C27H27N3O5S. The fourth-order valence-corrected chi connectivity index (χ4v) is 5.32. The highest BCUT2D eigenvalue weighted by Crippen LogP contribution is 2.27. The fourth-order valence-electron chi connectivity index (χ4n) is 3.93. The summed E-state index contributed by atoms with van der Waals surface area (Å²) in [6, 6.07) is 17.7. The summed E-state index contributed by atoms with van der Waals surface area (Å²) in [5, 5.41) is 1.54. The molecule has 0 radical (unpaired) electrons. The Morgan fingerprint density at radius 3 is 2.11 bits per heavy atom. The van der Waals surface area contributed by atoms with Crippen LogP contribution in [0.1, 0.15) is 19.4 Å². The molecule has 1 atom stereocenters. The average Bonchev–Trinajstić information content (AvgIpc) is 2.88. The lowest BCUT2D eigenvalue weighted by molar-refractivity contribution is -0.140. The van der Waals surface area contributed by atoms with E-state index in [0.717, 1.165) is 5.39 Å². The number of nitrogens with two attached hydrogens (primary N) is 1. The van der Waals surface area contributed by atoms with Crippen molar-refractivity contribution in [2.24, 2.45) is 11.7 Å². The second kappa shape index (κ2) is 11.1. The summed E-state index contributed by atoms with van der Waals surface area (Å²) in [6.45, 7) is 4.49. The van der Waals surface area contributed by atoms with Gasteiger partial charge >= 0.3 is 5.91 Å². The Kier molecular flexibility index (Phi) is 8.12. The van der Waals surface area contributed by atoms with Gasteiger partial charge in [-0.2, -0.15) is 4.31 Å². The number of sulfonamides is 1. The Labute approximate surface area is 210 Å². The molecule has 8 nitrogen and oxygen atoms in total. The van der Waals surface area contributed by atoms with Crippen LogP contribution in [0.5, 0.6) is 0 Å². The molecule has 1 unspecified atom stereocenters. The molecule has 0 spiro atoms. The first kappa shape index (κ1) is 26.4. The lowest BCUT2D eigenvalue weighted by atomic mass is 9.97. The number of hydrogen-bond donors (Lipinski definition) is 1. The van der Waals surface area contributed by atoms with E-state index < -0.39 is 27.8 Å². The number of primary amides is 1. The van der Waals surface area contributed by atoms with Crippen LogP contribution in [0.3, 0.4) is 0 Å². The van der Waals surface area contributed by atoms with Gasteiger partial charge < -0.3 is 10.6 Å². The summed E-state index contributed by atoms with van der Waals surface area (Å²) in [5.41, 5.74) is 6.09. The van der Waals surface area contributed by atoms with Crippen LogP contribution in [0.4, 0.5) is 5.69 Å². The molecule has 3 rings (SSSR count). The van der Waals surface area contributed by atoms with Crippen LogP contribution in [0, 0.1) is 18.3 Å². The number of nitrogens with zero attached hydrogens (tertiary/aromatic N) is 2. The van der Waals surface area contributed by atoms with Crippen LogP contribution in [-0.4, -0.2) is 44.1 Å². The summed E-state index contributed by atoms with van der Waals surface area (Å²) in [6.07, 6.45) is 5.33. The molecular weight excluding hydrogens is 478 g/mol. The van der Waals surface area contributed by atoms with E-state index in [1.54, 1.807) is 32.0 Å². The first-order valence-electron chi connectivity index (χ1n) is 11.4. The van der Waals surface area contributed by atoms with E-state index >= 15 is 0 Å². The first-order valence-corrected chi connectivity index (χ1v) is 12.8. The maximum Gasteiger partial charge on any atom is 0.316 e. The molecule has 36 heavy (non-hydrogen) atoms. The van der Waals surface area contributed by atoms with Crippen LogP contribution in [-0.2, 0) is 30.8 Å². The standard InChI is InChI=1S/C27H27N3O5S/c1-4-25(31)30(36(34,35)23-16-13-20-9-7-8-10-21(20)18-23)22-14-11-19(12-15-22)17-24(26(28)32)27(33)29(5-2)6-3/h1,7-16,18,24H,5-6,17H2,2-3H3,(H2,28,32). The molecule has 0 aliphatic heterocycles. The SMILES string of the molecule is C#CC(=O)N(c1ccc(CC(C(N)=O)C(=O)N(CC)CC)cc1)S(=O)(=O)c1ccc2ccccc2c1. The molecule has 3 aromatic rings. The molecule has 0 aromatic heterocycles. The van der Waals surface area contributed by atoms with Gasteiger partial charge in [-0.25, -0.2) is 8.42 Å². The molecule has 0 aliphatic carbocycles. The predicted molar refractivity (Wildman–Crippen MR) is 138 cm³/mol. The molecule has 0 heterocycles. The first-order chi connectivity index (χ1) is 17.1. The molecule has 0 saturated heterocycles. The molecule has 9 heteroatoms. The smallest absolute Gasteiger partial charge is 0.316 e. The van der Waals surface area contributed by atoms with Crippen molar-refractivity contribution < 1.29 is 22.8 Å². The lowest BCUT2D eigenvalue weighted by Crippen LogP contribution is -2.42. The summed E-state index contributed by atoms with van der Waals surface area (Å²) in [4.78, 5) is 38.7. The molecule has 186 valence electrons. The Balaban J connectivity index is 1.95. The monoisotopic (exact) mass is 505 g/mol. The Bertz CT molecular complexity index is 1440. The third-order valence-corrected chi connectivity index (χ3v) is 7.60. The van der Waals surface area contributed by atoms with Crippen molar-refractivity contribution in [1.29, 1.82) is 0 Å². The van der Waals surface area contributed by atoms with Gasteiger partial charge in [-0.15, -0.1) is 6.42 Å². The van der Waals surface area contributed by atoms with E-state index in [4.69, 9.17) is 12.2 Å². The molecule has 0 fully saturated rings. The van der Waals surface area contributed by atoms with Crippen LogP contribution < -0.4 is 10.0 Å². The van der Waals surface area contributed by atoms with Crippen molar-refractivity contribution in [1.82, 2.24) is 4.90 Å². The van der Waals surface area contributed by atoms with Crippen LogP contribution in [0.2, 0.25) is 0 Å². The number of rotatable bonds is 9. The number of fused-ring (bicyclic) bond motifs is 1. The predicted octanol–water partition coefficient (Wildman–Crippen LogP) is 2.71. The third-order valence-electron chi connectivity index (χ3n) is 5.89. The van der Waals surface area contributed by atoms with Gasteiger partial charge in [-0.1, -0.05) is 42.5 Å². The second-order valence-electron chi connectivity index (χ2n) is 8.06. The van der Waals surface area contributed by atoms with E-state index in [2.05, 4.69) is 0 Å². The van der Waals surface area contributed by atoms with Crippen molar-refractivity contribution in [3.8, 4) is 12.3 Å². The maximum atomic E-state index is 13.5. The number of carbonyl (C=O) groups is 3. The van der Waals surface area contributed by atoms with Crippen molar-refractivity contribution in [2.75, 3.05) is 17.4 Å². The summed E-state index contributed by atoms with van der Waals surface area (Å²) in [7, 11) is -4.33. The molecule has 0 aliphatic rings. The maximum absolute atomic E-state index is 13.5. The minimum atomic E-state index is -4.33. The summed E-state index contributed by atoms with van der Waals surface area (Å²) < 4.78 is 27.5. The number of amides is 3. The number of terminal acetylenes is 1. The Morgan fingerprint density at radius 2 is 1.56 bits per heavy atom. The highest BCUT2D eigenvalue weighted by atomic mass is 32.2. The van der Waals surface area contributed by atoms with Gasteiger partial charge in [-0.3, -0.25) is 14.4 Å². The quantitative estimate of drug-likeness (QED) is 0.354. The highest BCUT2D eigenvalue weighted by molar-refractivity contribution is 7.93. The summed E-state index contributed by atoms with van der Waals surface area (Å²) in [5.74, 6) is -1.37. The van der Waals surface area contributed by atoms with E-state index in [9.17, 15) is 22.8 Å². The van der Waals surface area contributed by atoms with Gasteiger partial charge in [0.1, 0.15) is 5.92 Å². The second-order valence-corrected chi connectivity index (χ2v) is 9.85. The molecule has 2 N–H and O–H groups in total.